The Labute approximate surface area is 129 Å². The third-order valence-electron chi connectivity index (χ3n) is 4.06. The first kappa shape index (κ1) is 15.0. The van der Waals surface area contributed by atoms with Gasteiger partial charge in [-0.1, -0.05) is 0 Å². The highest BCUT2D eigenvalue weighted by Gasteiger charge is 2.29. The molecule has 0 aliphatic heterocycles. The van der Waals surface area contributed by atoms with E-state index in [1.165, 1.54) is 6.07 Å². The van der Waals surface area contributed by atoms with Gasteiger partial charge in [0.2, 0.25) is 0 Å². The summed E-state index contributed by atoms with van der Waals surface area (Å²) < 4.78 is 0. The first-order valence-electron chi connectivity index (χ1n) is 7.16. The second kappa shape index (κ2) is 5.38. The number of nitro benzene ring substituents is 1. The van der Waals surface area contributed by atoms with Crippen LogP contribution in [0.1, 0.15) is 46.8 Å². The lowest BCUT2D eigenvalue weighted by Crippen LogP contribution is -2.04. The van der Waals surface area contributed by atoms with Crippen molar-refractivity contribution in [2.24, 2.45) is 0 Å². The summed E-state index contributed by atoms with van der Waals surface area (Å²) in [6.07, 6.45) is 1.66. The molecule has 0 saturated heterocycles. The summed E-state index contributed by atoms with van der Waals surface area (Å²) in [5.74, 6) is -2.05. The van der Waals surface area contributed by atoms with Crippen LogP contribution in [0, 0.1) is 10.1 Å². The van der Waals surface area contributed by atoms with Gasteiger partial charge in [0.1, 0.15) is 11.2 Å². The Morgan fingerprint density at radius 1 is 1.30 bits per heavy atom. The smallest absolute Gasteiger partial charge is 0.352 e. The van der Waals surface area contributed by atoms with Crippen molar-refractivity contribution in [3.63, 3.8) is 0 Å². The van der Waals surface area contributed by atoms with E-state index in [1.807, 2.05) is 0 Å². The minimum absolute atomic E-state index is 0.00222. The lowest BCUT2D eigenvalue weighted by atomic mass is 10.0. The fourth-order valence-electron chi connectivity index (χ4n) is 2.82. The fourth-order valence-corrected chi connectivity index (χ4v) is 2.82. The van der Waals surface area contributed by atoms with E-state index in [4.69, 9.17) is 5.11 Å². The van der Waals surface area contributed by atoms with E-state index in [9.17, 15) is 24.8 Å². The molecular formula is C15H14N2O6. The third kappa shape index (κ3) is 2.75. The SMILES string of the molecule is O=C(O)CCc1c(C(=O)O)[nH]c2c([N+](=O)[O-])cc(C3CC3)cc12. The topological polar surface area (TPSA) is 134 Å². The number of carboxylic acid groups (broad SMARTS) is 2. The third-order valence-corrected chi connectivity index (χ3v) is 4.06. The predicted molar refractivity (Wildman–Crippen MR) is 79.8 cm³/mol. The van der Waals surface area contributed by atoms with Crippen LogP contribution >= 0.6 is 0 Å². The van der Waals surface area contributed by atoms with E-state index in [0.29, 0.717) is 10.9 Å². The van der Waals surface area contributed by atoms with E-state index < -0.39 is 16.9 Å². The molecule has 120 valence electrons. The number of aryl methyl sites for hydroxylation is 1. The van der Waals surface area contributed by atoms with Crippen molar-refractivity contribution < 1.29 is 24.7 Å². The van der Waals surface area contributed by atoms with Crippen molar-refractivity contribution in [2.75, 3.05) is 0 Å². The summed E-state index contributed by atoms with van der Waals surface area (Å²) >= 11 is 0. The van der Waals surface area contributed by atoms with Crippen LogP contribution in [0.3, 0.4) is 0 Å². The quantitative estimate of drug-likeness (QED) is 0.554. The zero-order valence-electron chi connectivity index (χ0n) is 12.0. The van der Waals surface area contributed by atoms with Gasteiger partial charge in [0.25, 0.3) is 5.69 Å². The first-order chi connectivity index (χ1) is 10.9. The highest BCUT2D eigenvalue weighted by Crippen LogP contribution is 2.44. The fraction of sp³-hybridized carbons (Fsp3) is 0.333. The number of nitro groups is 1. The number of nitrogens with one attached hydrogen (secondary N) is 1. The van der Waals surface area contributed by atoms with Gasteiger partial charge in [-0.3, -0.25) is 14.9 Å². The van der Waals surface area contributed by atoms with Crippen molar-refractivity contribution in [3.8, 4) is 0 Å². The summed E-state index contributed by atoms with van der Waals surface area (Å²) in [6, 6.07) is 3.23. The molecule has 2 aromatic rings. The van der Waals surface area contributed by atoms with Gasteiger partial charge >= 0.3 is 11.9 Å². The molecule has 3 rings (SSSR count). The number of carbonyl (C=O) groups is 2. The number of aromatic amines is 1. The van der Waals surface area contributed by atoms with E-state index in [-0.39, 0.29) is 35.7 Å². The molecule has 0 unspecified atom stereocenters. The molecule has 1 aliphatic carbocycles. The second-order valence-corrected chi connectivity index (χ2v) is 5.67. The number of carboxylic acids is 2. The number of aromatic nitrogens is 1. The van der Waals surface area contributed by atoms with Gasteiger partial charge in [0.05, 0.1) is 4.92 Å². The van der Waals surface area contributed by atoms with Crippen molar-refractivity contribution in [1.29, 1.82) is 0 Å². The number of hydrogen-bond acceptors (Lipinski definition) is 4. The Kier molecular flexibility index (Phi) is 3.51. The maximum atomic E-state index is 11.4. The van der Waals surface area contributed by atoms with Crippen molar-refractivity contribution in [2.45, 2.75) is 31.6 Å². The average molecular weight is 318 g/mol. The molecule has 1 aromatic heterocycles. The van der Waals surface area contributed by atoms with Gasteiger partial charge in [-0.05, 0) is 42.4 Å². The molecule has 0 spiro atoms. The lowest BCUT2D eigenvalue weighted by molar-refractivity contribution is -0.383. The molecule has 1 aliphatic rings. The number of nitrogens with zero attached hydrogens (tertiary/aromatic N) is 1. The van der Waals surface area contributed by atoms with E-state index in [0.717, 1.165) is 18.4 Å². The molecule has 0 amide bonds. The molecule has 23 heavy (non-hydrogen) atoms. The number of hydrogen-bond donors (Lipinski definition) is 3. The summed E-state index contributed by atoms with van der Waals surface area (Å²) in [4.78, 5) is 35.6. The van der Waals surface area contributed by atoms with E-state index >= 15 is 0 Å². The minimum atomic E-state index is -1.26. The van der Waals surface area contributed by atoms with Crippen LogP contribution in [0.5, 0.6) is 0 Å². The normalized spacial score (nSPS) is 14.1. The molecule has 8 nitrogen and oxygen atoms in total. The van der Waals surface area contributed by atoms with E-state index in [1.54, 1.807) is 6.07 Å². The van der Waals surface area contributed by atoms with Crippen molar-refractivity contribution in [3.05, 3.63) is 39.1 Å². The molecule has 1 fully saturated rings. The largest absolute Gasteiger partial charge is 0.481 e. The van der Waals surface area contributed by atoms with Gasteiger partial charge in [0, 0.05) is 17.9 Å². The monoisotopic (exact) mass is 318 g/mol. The molecular weight excluding hydrogens is 304 g/mol. The van der Waals surface area contributed by atoms with Gasteiger partial charge < -0.3 is 15.2 Å². The Hall–Kier alpha value is -2.90. The van der Waals surface area contributed by atoms with Crippen LogP contribution in [0.2, 0.25) is 0 Å². The predicted octanol–water partition coefficient (Wildman–Crippen LogP) is 2.67. The van der Waals surface area contributed by atoms with Crippen molar-refractivity contribution >= 4 is 28.5 Å². The van der Waals surface area contributed by atoms with Crippen LogP contribution in [0.15, 0.2) is 12.1 Å². The number of aliphatic carboxylic acids is 1. The Bertz CT molecular complexity index is 834. The summed E-state index contributed by atoms with van der Waals surface area (Å²) in [7, 11) is 0. The summed E-state index contributed by atoms with van der Waals surface area (Å²) in [5.41, 5.74) is 0.889. The van der Waals surface area contributed by atoms with E-state index in [2.05, 4.69) is 4.98 Å². The number of non-ortho nitro benzene ring substituents is 1. The summed E-state index contributed by atoms with van der Waals surface area (Å²) in [5, 5.41) is 29.9. The van der Waals surface area contributed by atoms with Gasteiger partial charge in [-0.25, -0.2) is 4.79 Å². The molecule has 8 heteroatoms. The minimum Gasteiger partial charge on any atom is -0.481 e. The maximum Gasteiger partial charge on any atom is 0.352 e. The number of fused-ring (bicyclic) bond motifs is 1. The van der Waals surface area contributed by atoms with Crippen LogP contribution in [0.25, 0.3) is 10.9 Å². The molecule has 1 heterocycles. The highest BCUT2D eigenvalue weighted by molar-refractivity contribution is 6.01. The van der Waals surface area contributed by atoms with Gasteiger partial charge in [-0.15, -0.1) is 0 Å². The molecule has 3 N–H and O–H groups in total. The summed E-state index contributed by atoms with van der Waals surface area (Å²) in [6.45, 7) is 0. The van der Waals surface area contributed by atoms with Crippen LogP contribution in [-0.2, 0) is 11.2 Å². The molecule has 0 atom stereocenters. The zero-order chi connectivity index (χ0) is 16.7. The molecule has 1 saturated carbocycles. The van der Waals surface area contributed by atoms with Gasteiger partial charge in [-0.2, -0.15) is 0 Å². The Balaban J connectivity index is 2.24. The highest BCUT2D eigenvalue weighted by atomic mass is 16.6. The Morgan fingerprint density at radius 3 is 2.52 bits per heavy atom. The average Bonchev–Trinajstić information content (AvgIpc) is 3.25. The van der Waals surface area contributed by atoms with Gasteiger partial charge in [0.15, 0.2) is 0 Å². The lowest BCUT2D eigenvalue weighted by Gasteiger charge is -2.03. The number of aromatic carboxylic acids is 1. The van der Waals surface area contributed by atoms with Crippen molar-refractivity contribution in [1.82, 2.24) is 4.98 Å². The maximum absolute atomic E-state index is 11.4. The Morgan fingerprint density at radius 2 is 2.00 bits per heavy atom. The zero-order valence-corrected chi connectivity index (χ0v) is 12.0. The number of H-pyrrole nitrogens is 1. The second-order valence-electron chi connectivity index (χ2n) is 5.67. The molecule has 0 bridgehead atoms. The van der Waals surface area contributed by atoms with Crippen LogP contribution in [0.4, 0.5) is 5.69 Å². The molecule has 1 aromatic carbocycles. The number of rotatable bonds is 6. The number of benzene rings is 1. The standard InChI is InChI=1S/C15H14N2O6/c18-12(19)4-3-9-10-5-8(7-1-2-7)6-11(17(22)23)13(10)16-14(9)15(20)21/h5-7,16H,1-4H2,(H,18,19)(H,20,21). The van der Waals surface area contributed by atoms with Crippen LogP contribution < -0.4 is 0 Å². The van der Waals surface area contributed by atoms with Crippen LogP contribution in [-0.4, -0.2) is 32.1 Å². The molecule has 0 radical (unpaired) electrons. The first-order valence-corrected chi connectivity index (χ1v) is 7.16.